The number of carboxylic acid groups (broad SMARTS) is 1. The minimum atomic E-state index is -1.11. The van der Waals surface area contributed by atoms with Crippen LogP contribution < -0.4 is 20.3 Å². The van der Waals surface area contributed by atoms with Gasteiger partial charge in [-0.15, -0.1) is 0 Å². The predicted molar refractivity (Wildman–Crippen MR) is 176 cm³/mol. The minimum absolute atomic E-state index is 0.126. The standard InChI is InChI=1S/C36H39N5O5/c1-22-8-4-13-31(23(22)2)46-15-7-14-32(42)41-21-29-24(3)34(29)35-28(11-6-12-30(35)41)26-17-38-40(20-26)19-25-9-5-10-27(16-25)39-36(45)37-18-33(43)44/h4-6,8-13,16-17,20,24,29,34H,7,14-15,18-19,21H2,1-3H3,(H,43,44)(H2,37,39,45). The molecule has 0 bridgehead atoms. The summed E-state index contributed by atoms with van der Waals surface area (Å²) in [6, 6.07) is 19.0. The van der Waals surface area contributed by atoms with Crippen LogP contribution in [0, 0.1) is 25.7 Å². The maximum absolute atomic E-state index is 13.6. The smallest absolute Gasteiger partial charge is 0.323 e. The van der Waals surface area contributed by atoms with Gasteiger partial charge in [-0.05, 0) is 90.1 Å². The molecule has 3 N–H and O–H groups in total. The SMILES string of the molecule is Cc1cccc(OCCCC(=O)N2CC3C(C)C3c3c(-c4cnn(Cc5cccc(NC(=O)NCC(=O)O)c5)c4)cccc32)c1C. The van der Waals surface area contributed by atoms with Crippen LogP contribution in [0.15, 0.2) is 73.1 Å². The van der Waals surface area contributed by atoms with Crippen LogP contribution in [-0.2, 0) is 16.1 Å². The molecule has 4 aromatic rings. The van der Waals surface area contributed by atoms with E-state index in [2.05, 4.69) is 54.7 Å². The number of hydrogen-bond acceptors (Lipinski definition) is 5. The molecule has 0 spiro atoms. The van der Waals surface area contributed by atoms with Crippen LogP contribution in [-0.4, -0.2) is 52.5 Å². The summed E-state index contributed by atoms with van der Waals surface area (Å²) in [4.78, 5) is 38.3. The van der Waals surface area contributed by atoms with Crippen molar-refractivity contribution in [3.05, 3.63) is 95.3 Å². The van der Waals surface area contributed by atoms with Gasteiger partial charge < -0.3 is 25.4 Å². The Bertz CT molecular complexity index is 1780. The molecule has 10 nitrogen and oxygen atoms in total. The molecule has 2 aliphatic rings. The lowest BCUT2D eigenvalue weighted by molar-refractivity contribution is -0.135. The molecule has 1 aromatic heterocycles. The minimum Gasteiger partial charge on any atom is -0.493 e. The van der Waals surface area contributed by atoms with Crippen LogP contribution >= 0.6 is 0 Å². The van der Waals surface area contributed by atoms with Crippen molar-refractivity contribution in [3.8, 4) is 16.9 Å². The number of nitrogens with one attached hydrogen (secondary N) is 2. The van der Waals surface area contributed by atoms with Gasteiger partial charge in [0, 0.05) is 36.1 Å². The Labute approximate surface area is 268 Å². The van der Waals surface area contributed by atoms with Gasteiger partial charge in [-0.25, -0.2) is 4.79 Å². The fourth-order valence-electron chi connectivity index (χ4n) is 6.51. The Balaban J connectivity index is 1.14. The van der Waals surface area contributed by atoms with E-state index >= 15 is 0 Å². The van der Waals surface area contributed by atoms with Crippen molar-refractivity contribution in [2.75, 3.05) is 29.9 Å². The zero-order valence-corrected chi connectivity index (χ0v) is 26.3. The lowest BCUT2D eigenvalue weighted by Gasteiger charge is -2.30. The average Bonchev–Trinajstić information content (AvgIpc) is 3.45. The van der Waals surface area contributed by atoms with Gasteiger partial charge in [-0.3, -0.25) is 14.3 Å². The van der Waals surface area contributed by atoms with Crippen LogP contribution in [0.5, 0.6) is 5.75 Å². The number of anilines is 2. The summed E-state index contributed by atoms with van der Waals surface area (Å²) < 4.78 is 7.87. The van der Waals surface area contributed by atoms with Crippen LogP contribution in [0.4, 0.5) is 16.2 Å². The highest BCUT2D eigenvalue weighted by atomic mass is 16.5. The second kappa shape index (κ2) is 13.1. The monoisotopic (exact) mass is 621 g/mol. The molecular weight excluding hydrogens is 582 g/mol. The summed E-state index contributed by atoms with van der Waals surface area (Å²) in [5.41, 5.74) is 8.12. The fourth-order valence-corrected chi connectivity index (χ4v) is 6.51. The van der Waals surface area contributed by atoms with Crippen molar-refractivity contribution in [3.63, 3.8) is 0 Å². The summed E-state index contributed by atoms with van der Waals surface area (Å²) in [7, 11) is 0. The van der Waals surface area contributed by atoms with Gasteiger partial charge in [0.2, 0.25) is 5.91 Å². The molecular formula is C36H39N5O5. The first-order valence-corrected chi connectivity index (χ1v) is 15.7. The van der Waals surface area contributed by atoms with E-state index in [0.717, 1.165) is 40.2 Å². The van der Waals surface area contributed by atoms with Crippen molar-refractivity contribution in [2.45, 2.75) is 46.1 Å². The van der Waals surface area contributed by atoms with Crippen molar-refractivity contribution in [1.29, 1.82) is 0 Å². The van der Waals surface area contributed by atoms with Gasteiger partial charge in [0.05, 0.1) is 19.3 Å². The van der Waals surface area contributed by atoms with E-state index in [1.807, 2.05) is 58.4 Å². The number of hydrogen-bond donors (Lipinski definition) is 3. The molecule has 238 valence electrons. The number of aliphatic carboxylic acids is 1. The van der Waals surface area contributed by atoms with Gasteiger partial charge in [0.1, 0.15) is 12.3 Å². The Morgan fingerprint density at radius 2 is 1.87 bits per heavy atom. The van der Waals surface area contributed by atoms with Crippen molar-refractivity contribution in [2.24, 2.45) is 11.8 Å². The van der Waals surface area contributed by atoms with Crippen LogP contribution in [0.3, 0.4) is 0 Å². The number of nitrogens with zero attached hydrogens (tertiary/aromatic N) is 3. The fraction of sp³-hybridized carbons (Fsp3) is 0.333. The topological polar surface area (TPSA) is 126 Å². The maximum atomic E-state index is 13.6. The highest BCUT2D eigenvalue weighted by Crippen LogP contribution is 2.61. The number of carbonyl (C=O) groups is 3. The molecule has 1 aliphatic heterocycles. The molecule has 2 heterocycles. The number of carbonyl (C=O) groups excluding carboxylic acids is 2. The summed E-state index contributed by atoms with van der Waals surface area (Å²) >= 11 is 0. The van der Waals surface area contributed by atoms with Crippen LogP contribution in [0.2, 0.25) is 0 Å². The summed E-state index contributed by atoms with van der Waals surface area (Å²) in [5, 5.41) is 18.3. The Morgan fingerprint density at radius 1 is 1.07 bits per heavy atom. The number of aromatic nitrogens is 2. The lowest BCUT2D eigenvalue weighted by Crippen LogP contribution is -2.36. The number of ether oxygens (including phenoxy) is 1. The highest BCUT2D eigenvalue weighted by molar-refractivity contribution is 5.97. The number of amides is 3. The van der Waals surface area contributed by atoms with Gasteiger partial charge in [0.25, 0.3) is 0 Å². The molecule has 46 heavy (non-hydrogen) atoms. The first kappa shape index (κ1) is 30.9. The van der Waals surface area contributed by atoms with Gasteiger partial charge in [-0.1, -0.05) is 43.3 Å². The summed E-state index contributed by atoms with van der Waals surface area (Å²) in [5.74, 6) is 1.26. The van der Waals surface area contributed by atoms with E-state index in [0.29, 0.717) is 49.4 Å². The molecule has 0 saturated heterocycles. The number of urea groups is 1. The molecule has 3 atom stereocenters. The average molecular weight is 622 g/mol. The molecule has 0 radical (unpaired) electrons. The van der Waals surface area contributed by atoms with Crippen molar-refractivity contribution < 1.29 is 24.2 Å². The first-order chi connectivity index (χ1) is 22.2. The van der Waals surface area contributed by atoms with Gasteiger partial charge in [0.15, 0.2) is 0 Å². The Kier molecular flexibility index (Phi) is 8.78. The third-order valence-electron chi connectivity index (χ3n) is 9.19. The van der Waals surface area contributed by atoms with Crippen LogP contribution in [0.1, 0.15) is 47.9 Å². The molecule has 1 saturated carbocycles. The van der Waals surface area contributed by atoms with E-state index in [9.17, 15) is 14.4 Å². The normalized spacial score (nSPS) is 17.9. The van der Waals surface area contributed by atoms with Gasteiger partial charge >= 0.3 is 12.0 Å². The number of fused-ring (bicyclic) bond motifs is 3. The number of rotatable bonds is 11. The molecule has 3 amide bonds. The Morgan fingerprint density at radius 3 is 2.70 bits per heavy atom. The number of benzene rings is 3. The lowest BCUT2D eigenvalue weighted by atomic mass is 9.92. The summed E-state index contributed by atoms with van der Waals surface area (Å²) in [6.07, 6.45) is 4.96. The molecule has 3 aromatic carbocycles. The molecule has 3 unspecified atom stereocenters. The van der Waals surface area contributed by atoms with E-state index in [4.69, 9.17) is 9.84 Å². The molecule has 10 heteroatoms. The number of aryl methyl sites for hydroxylation is 1. The molecule has 1 aliphatic carbocycles. The largest absolute Gasteiger partial charge is 0.493 e. The quantitative estimate of drug-likeness (QED) is 0.177. The second-order valence-corrected chi connectivity index (χ2v) is 12.3. The second-order valence-electron chi connectivity index (χ2n) is 12.3. The summed E-state index contributed by atoms with van der Waals surface area (Å²) in [6.45, 7) is 7.67. The zero-order valence-electron chi connectivity index (χ0n) is 26.3. The van der Waals surface area contributed by atoms with Gasteiger partial charge in [-0.2, -0.15) is 5.10 Å². The van der Waals surface area contributed by atoms with Crippen molar-refractivity contribution in [1.82, 2.24) is 15.1 Å². The molecule has 6 rings (SSSR count). The zero-order chi connectivity index (χ0) is 32.4. The van der Waals surface area contributed by atoms with E-state index in [1.54, 1.807) is 6.07 Å². The highest BCUT2D eigenvalue weighted by Gasteiger charge is 2.54. The predicted octanol–water partition coefficient (Wildman–Crippen LogP) is 5.98. The number of carboxylic acids is 1. The van der Waals surface area contributed by atoms with Crippen LogP contribution in [0.25, 0.3) is 11.1 Å². The third-order valence-corrected chi connectivity index (χ3v) is 9.19. The van der Waals surface area contributed by atoms with E-state index in [-0.39, 0.29) is 5.91 Å². The maximum Gasteiger partial charge on any atom is 0.323 e. The third kappa shape index (κ3) is 6.61. The van der Waals surface area contributed by atoms with Crippen molar-refractivity contribution >= 4 is 29.3 Å². The van der Waals surface area contributed by atoms with E-state index in [1.165, 1.54) is 11.1 Å². The first-order valence-electron chi connectivity index (χ1n) is 15.7. The Hall–Kier alpha value is -5.12. The molecule has 1 fully saturated rings. The van der Waals surface area contributed by atoms with E-state index < -0.39 is 18.5 Å².